The minimum atomic E-state index is 0.795. The Morgan fingerprint density at radius 3 is 2.71 bits per heavy atom. The lowest BCUT2D eigenvalue weighted by molar-refractivity contribution is 0.394. The molecule has 0 spiro atoms. The van der Waals surface area contributed by atoms with Gasteiger partial charge in [0.05, 0.1) is 0 Å². The second-order valence-corrected chi connectivity index (χ2v) is 5.50. The summed E-state index contributed by atoms with van der Waals surface area (Å²) in [6, 6.07) is 1.61. The van der Waals surface area contributed by atoms with Gasteiger partial charge in [0.15, 0.2) is 0 Å². The Hall–Kier alpha value is 0.310. The molecule has 1 heterocycles. The first kappa shape index (κ1) is 12.4. The molecule has 0 aromatic carbocycles. The highest BCUT2D eigenvalue weighted by Gasteiger charge is 2.18. The molecule has 0 bridgehead atoms. The van der Waals surface area contributed by atoms with E-state index in [1.807, 2.05) is 0 Å². The normalized spacial score (nSPS) is 24.0. The smallest absolute Gasteiger partial charge is 0.0168 e. The van der Waals surface area contributed by atoms with Gasteiger partial charge < -0.3 is 5.32 Å². The fourth-order valence-corrected chi connectivity index (χ4v) is 3.27. The van der Waals surface area contributed by atoms with Gasteiger partial charge in [0.2, 0.25) is 0 Å². The summed E-state index contributed by atoms with van der Waals surface area (Å²) in [4.78, 5) is 0. The number of nitrogens with one attached hydrogen (secondary N) is 1. The van der Waals surface area contributed by atoms with Crippen LogP contribution in [0.4, 0.5) is 0 Å². The molecule has 0 amide bonds. The Labute approximate surface area is 93.4 Å². The zero-order valence-corrected chi connectivity index (χ0v) is 10.5. The predicted molar refractivity (Wildman–Crippen MR) is 67.1 cm³/mol. The predicted octanol–water partition coefficient (Wildman–Crippen LogP) is 3.44. The fourth-order valence-electron chi connectivity index (χ4n) is 2.11. The number of unbranched alkanes of at least 4 members (excludes halogenated alkanes) is 1. The molecule has 2 unspecified atom stereocenters. The van der Waals surface area contributed by atoms with E-state index < -0.39 is 0 Å². The maximum Gasteiger partial charge on any atom is 0.0168 e. The van der Waals surface area contributed by atoms with Crippen LogP contribution in [0, 0.1) is 0 Å². The van der Waals surface area contributed by atoms with E-state index >= 15 is 0 Å². The number of hydrogen-bond donors (Lipinski definition) is 1. The number of rotatable bonds is 7. The Morgan fingerprint density at radius 1 is 1.29 bits per heavy atom. The molecular weight excluding hydrogens is 190 g/mol. The molecule has 0 aliphatic carbocycles. The summed E-state index contributed by atoms with van der Waals surface area (Å²) in [6.07, 6.45) is 8.17. The molecule has 0 aromatic heterocycles. The van der Waals surface area contributed by atoms with E-state index in [2.05, 4.69) is 30.9 Å². The average molecular weight is 215 g/mol. The minimum Gasteiger partial charge on any atom is -0.310 e. The standard InChI is InChI=1S/C12H25NS/c1-3-5-7-11(6-4-2)13-12-8-9-14-10-12/h11-13H,3-10H2,1-2H3. The molecule has 2 heteroatoms. The van der Waals surface area contributed by atoms with Crippen LogP contribution in [0.2, 0.25) is 0 Å². The van der Waals surface area contributed by atoms with Crippen molar-refractivity contribution in [1.29, 1.82) is 0 Å². The first-order chi connectivity index (χ1) is 6.86. The molecule has 1 nitrogen and oxygen atoms in total. The highest BCUT2D eigenvalue weighted by Crippen LogP contribution is 2.19. The zero-order valence-electron chi connectivity index (χ0n) is 9.72. The maximum atomic E-state index is 3.83. The zero-order chi connectivity index (χ0) is 10.2. The van der Waals surface area contributed by atoms with Crippen molar-refractivity contribution in [2.45, 2.75) is 64.5 Å². The largest absolute Gasteiger partial charge is 0.310 e. The molecular formula is C12H25NS. The SMILES string of the molecule is CCCCC(CCC)NC1CCSC1. The quantitative estimate of drug-likeness (QED) is 0.698. The van der Waals surface area contributed by atoms with Crippen LogP contribution in [0.3, 0.4) is 0 Å². The van der Waals surface area contributed by atoms with Crippen LogP contribution >= 0.6 is 11.8 Å². The van der Waals surface area contributed by atoms with E-state index in [9.17, 15) is 0 Å². The molecule has 1 N–H and O–H groups in total. The lowest BCUT2D eigenvalue weighted by Gasteiger charge is -2.22. The van der Waals surface area contributed by atoms with Gasteiger partial charge in [-0.3, -0.25) is 0 Å². The van der Waals surface area contributed by atoms with Crippen LogP contribution in [0.15, 0.2) is 0 Å². The highest BCUT2D eigenvalue weighted by molar-refractivity contribution is 7.99. The van der Waals surface area contributed by atoms with Gasteiger partial charge in [-0.25, -0.2) is 0 Å². The van der Waals surface area contributed by atoms with Gasteiger partial charge in [0.1, 0.15) is 0 Å². The Kier molecular flexibility index (Phi) is 6.70. The summed E-state index contributed by atoms with van der Waals surface area (Å²) < 4.78 is 0. The van der Waals surface area contributed by atoms with Crippen molar-refractivity contribution < 1.29 is 0 Å². The van der Waals surface area contributed by atoms with E-state index in [4.69, 9.17) is 0 Å². The average Bonchev–Trinajstić information content (AvgIpc) is 2.67. The Morgan fingerprint density at radius 2 is 2.14 bits per heavy atom. The van der Waals surface area contributed by atoms with Gasteiger partial charge in [-0.05, 0) is 25.0 Å². The molecule has 1 rings (SSSR count). The lowest BCUT2D eigenvalue weighted by atomic mass is 10.0. The lowest BCUT2D eigenvalue weighted by Crippen LogP contribution is -2.38. The summed E-state index contributed by atoms with van der Waals surface area (Å²) in [5.74, 6) is 2.70. The summed E-state index contributed by atoms with van der Waals surface area (Å²) >= 11 is 2.10. The molecule has 14 heavy (non-hydrogen) atoms. The molecule has 1 saturated heterocycles. The molecule has 1 aliphatic rings. The maximum absolute atomic E-state index is 3.83. The summed E-state index contributed by atoms with van der Waals surface area (Å²) in [5, 5.41) is 3.83. The van der Waals surface area contributed by atoms with Gasteiger partial charge in [-0.2, -0.15) is 11.8 Å². The monoisotopic (exact) mass is 215 g/mol. The van der Waals surface area contributed by atoms with Crippen molar-refractivity contribution in [2.75, 3.05) is 11.5 Å². The van der Waals surface area contributed by atoms with Crippen molar-refractivity contribution >= 4 is 11.8 Å². The first-order valence-corrected chi connectivity index (χ1v) is 7.36. The molecule has 1 fully saturated rings. The number of thioether (sulfide) groups is 1. The highest BCUT2D eigenvalue weighted by atomic mass is 32.2. The molecule has 2 atom stereocenters. The van der Waals surface area contributed by atoms with Crippen molar-refractivity contribution in [3.05, 3.63) is 0 Å². The van der Waals surface area contributed by atoms with E-state index in [-0.39, 0.29) is 0 Å². The molecule has 0 saturated carbocycles. The van der Waals surface area contributed by atoms with Crippen molar-refractivity contribution in [2.24, 2.45) is 0 Å². The van der Waals surface area contributed by atoms with E-state index in [0.717, 1.165) is 12.1 Å². The second-order valence-electron chi connectivity index (χ2n) is 4.36. The van der Waals surface area contributed by atoms with E-state index in [0.29, 0.717) is 0 Å². The molecule has 0 radical (unpaired) electrons. The van der Waals surface area contributed by atoms with Crippen molar-refractivity contribution in [3.63, 3.8) is 0 Å². The minimum absolute atomic E-state index is 0.795. The van der Waals surface area contributed by atoms with Crippen LogP contribution in [0.5, 0.6) is 0 Å². The summed E-state index contributed by atoms with van der Waals surface area (Å²) in [6.45, 7) is 4.58. The van der Waals surface area contributed by atoms with Crippen LogP contribution in [-0.4, -0.2) is 23.6 Å². The van der Waals surface area contributed by atoms with Gasteiger partial charge in [0.25, 0.3) is 0 Å². The van der Waals surface area contributed by atoms with Crippen LogP contribution in [-0.2, 0) is 0 Å². The van der Waals surface area contributed by atoms with E-state index in [1.54, 1.807) is 0 Å². The van der Waals surface area contributed by atoms with Crippen molar-refractivity contribution in [3.8, 4) is 0 Å². The first-order valence-electron chi connectivity index (χ1n) is 6.20. The number of hydrogen-bond acceptors (Lipinski definition) is 2. The van der Waals surface area contributed by atoms with Gasteiger partial charge in [0, 0.05) is 17.8 Å². The summed E-state index contributed by atoms with van der Waals surface area (Å²) in [7, 11) is 0. The third kappa shape index (κ3) is 4.70. The summed E-state index contributed by atoms with van der Waals surface area (Å²) in [5.41, 5.74) is 0. The van der Waals surface area contributed by atoms with Crippen LogP contribution < -0.4 is 5.32 Å². The Balaban J connectivity index is 2.18. The topological polar surface area (TPSA) is 12.0 Å². The third-order valence-electron chi connectivity index (χ3n) is 2.94. The van der Waals surface area contributed by atoms with Crippen LogP contribution in [0.1, 0.15) is 52.4 Å². The second kappa shape index (κ2) is 7.58. The van der Waals surface area contributed by atoms with Gasteiger partial charge in [-0.15, -0.1) is 0 Å². The van der Waals surface area contributed by atoms with Crippen molar-refractivity contribution in [1.82, 2.24) is 5.32 Å². The fraction of sp³-hybridized carbons (Fsp3) is 1.00. The van der Waals surface area contributed by atoms with Crippen LogP contribution in [0.25, 0.3) is 0 Å². The third-order valence-corrected chi connectivity index (χ3v) is 4.11. The van der Waals surface area contributed by atoms with E-state index in [1.165, 1.54) is 50.0 Å². The molecule has 84 valence electrons. The van der Waals surface area contributed by atoms with Gasteiger partial charge >= 0.3 is 0 Å². The molecule has 1 aliphatic heterocycles. The Bertz CT molecular complexity index is 132. The molecule has 0 aromatic rings. The van der Waals surface area contributed by atoms with Gasteiger partial charge in [-0.1, -0.05) is 33.1 Å².